The predicted octanol–water partition coefficient (Wildman–Crippen LogP) is 4.41. The molecule has 0 atom stereocenters. The van der Waals surface area contributed by atoms with E-state index in [1.54, 1.807) is 12.1 Å². The predicted molar refractivity (Wildman–Crippen MR) is 109 cm³/mol. The molecule has 152 valence electrons. The average molecular weight is 388 g/mol. The summed E-state index contributed by atoms with van der Waals surface area (Å²) in [4.78, 5) is 24.6. The smallest absolute Gasteiger partial charge is 0.347 e. The number of allylic oxidation sites excluding steroid dienone is 1. The van der Waals surface area contributed by atoms with Crippen molar-refractivity contribution in [2.75, 3.05) is 13.2 Å². The van der Waals surface area contributed by atoms with Crippen molar-refractivity contribution in [1.82, 2.24) is 0 Å². The van der Waals surface area contributed by atoms with Crippen molar-refractivity contribution in [3.63, 3.8) is 0 Å². The topological polar surface area (TPSA) is 97.0 Å². The van der Waals surface area contributed by atoms with Crippen LogP contribution in [0.15, 0.2) is 33.5 Å². The highest BCUT2D eigenvalue weighted by Crippen LogP contribution is 2.31. The second kappa shape index (κ2) is 11.3. The van der Waals surface area contributed by atoms with Gasteiger partial charge in [-0.15, -0.1) is 0 Å². The summed E-state index contributed by atoms with van der Waals surface area (Å²) in [6.07, 6.45) is 9.71. The van der Waals surface area contributed by atoms with Gasteiger partial charge in [0, 0.05) is 6.61 Å². The zero-order valence-electron chi connectivity index (χ0n) is 16.3. The number of carbonyl (C=O) groups is 1. The van der Waals surface area contributed by atoms with Gasteiger partial charge < -0.3 is 19.4 Å². The average Bonchev–Trinajstić information content (AvgIpc) is 2.69. The number of rotatable bonds is 11. The first-order valence-electron chi connectivity index (χ1n) is 9.83. The maximum atomic E-state index is 12.4. The van der Waals surface area contributed by atoms with Crippen molar-refractivity contribution in [2.24, 2.45) is 0 Å². The van der Waals surface area contributed by atoms with Gasteiger partial charge in [0.25, 0.3) is 0 Å². The number of unbranched alkanes of at least 4 members (excludes halogenated alkanes) is 5. The molecule has 1 heterocycles. The SMILES string of the molecule is CCCCCCC=Cc1c(O)c2c(C(=O)OCCCCO)cccc2oc1=O. The van der Waals surface area contributed by atoms with E-state index >= 15 is 0 Å². The number of ether oxygens (including phenoxy) is 1. The molecule has 6 nitrogen and oxygen atoms in total. The van der Waals surface area contributed by atoms with Crippen LogP contribution < -0.4 is 5.63 Å². The van der Waals surface area contributed by atoms with Crippen molar-refractivity contribution >= 4 is 23.0 Å². The standard InChI is InChI=1S/C22H28O6/c1-2-3-4-5-6-7-11-17-20(24)19-16(21(25)27-15-9-8-14-23)12-10-13-18(19)28-22(17)26/h7,10-13,23-24H,2-6,8-9,14-15H2,1H3. The van der Waals surface area contributed by atoms with Gasteiger partial charge in [-0.3, -0.25) is 0 Å². The van der Waals surface area contributed by atoms with E-state index in [1.807, 2.05) is 6.08 Å². The van der Waals surface area contributed by atoms with Gasteiger partial charge in [-0.25, -0.2) is 9.59 Å². The molecule has 0 saturated carbocycles. The van der Waals surface area contributed by atoms with Crippen molar-refractivity contribution in [2.45, 2.75) is 51.9 Å². The summed E-state index contributed by atoms with van der Waals surface area (Å²) < 4.78 is 10.5. The Balaban J connectivity index is 2.27. The lowest BCUT2D eigenvalue weighted by atomic mass is 10.1. The van der Waals surface area contributed by atoms with Gasteiger partial charge in [-0.2, -0.15) is 0 Å². The minimum atomic E-state index is -0.650. The van der Waals surface area contributed by atoms with E-state index in [9.17, 15) is 14.7 Å². The number of aliphatic hydroxyl groups is 1. The van der Waals surface area contributed by atoms with Crippen LogP contribution in [-0.4, -0.2) is 29.4 Å². The molecule has 0 saturated heterocycles. The molecule has 1 aromatic carbocycles. The lowest BCUT2D eigenvalue weighted by Crippen LogP contribution is -2.10. The third-order valence-corrected chi connectivity index (χ3v) is 4.46. The molecule has 2 aromatic rings. The number of fused-ring (bicyclic) bond motifs is 1. The Morgan fingerprint density at radius 3 is 2.75 bits per heavy atom. The van der Waals surface area contributed by atoms with Gasteiger partial charge in [0.1, 0.15) is 16.9 Å². The van der Waals surface area contributed by atoms with Crippen molar-refractivity contribution in [1.29, 1.82) is 0 Å². The first kappa shape index (κ1) is 21.7. The summed E-state index contributed by atoms with van der Waals surface area (Å²) in [6, 6.07) is 4.62. The van der Waals surface area contributed by atoms with E-state index in [1.165, 1.54) is 18.6 Å². The van der Waals surface area contributed by atoms with Gasteiger partial charge in [-0.1, -0.05) is 38.3 Å². The maximum Gasteiger partial charge on any atom is 0.347 e. The van der Waals surface area contributed by atoms with E-state index in [0.29, 0.717) is 12.8 Å². The number of esters is 1. The molecular formula is C22H28O6. The molecule has 0 aliphatic heterocycles. The van der Waals surface area contributed by atoms with Gasteiger partial charge in [0.05, 0.1) is 17.6 Å². The Hall–Kier alpha value is -2.60. The lowest BCUT2D eigenvalue weighted by Gasteiger charge is -2.09. The number of benzene rings is 1. The van der Waals surface area contributed by atoms with Gasteiger partial charge in [0.15, 0.2) is 0 Å². The van der Waals surface area contributed by atoms with Crippen LogP contribution in [0.25, 0.3) is 17.0 Å². The van der Waals surface area contributed by atoms with Crippen LogP contribution in [0.3, 0.4) is 0 Å². The molecule has 2 rings (SSSR count). The van der Waals surface area contributed by atoms with E-state index in [4.69, 9.17) is 14.3 Å². The zero-order valence-corrected chi connectivity index (χ0v) is 16.3. The molecule has 0 spiro atoms. The van der Waals surface area contributed by atoms with E-state index < -0.39 is 11.6 Å². The number of carbonyl (C=O) groups excluding carboxylic acids is 1. The first-order chi connectivity index (χ1) is 13.6. The lowest BCUT2D eigenvalue weighted by molar-refractivity contribution is 0.0494. The highest BCUT2D eigenvalue weighted by molar-refractivity contribution is 6.06. The van der Waals surface area contributed by atoms with Gasteiger partial charge in [-0.05, 0) is 43.9 Å². The Morgan fingerprint density at radius 1 is 1.18 bits per heavy atom. The normalized spacial score (nSPS) is 11.4. The fourth-order valence-electron chi connectivity index (χ4n) is 2.91. The van der Waals surface area contributed by atoms with Crippen LogP contribution in [-0.2, 0) is 4.74 Å². The summed E-state index contributed by atoms with van der Waals surface area (Å²) in [5, 5.41) is 19.6. The highest BCUT2D eigenvalue weighted by Gasteiger charge is 2.19. The molecule has 0 aliphatic carbocycles. The highest BCUT2D eigenvalue weighted by atomic mass is 16.5. The van der Waals surface area contributed by atoms with Crippen molar-refractivity contribution in [3.05, 3.63) is 45.8 Å². The number of aliphatic hydroxyl groups excluding tert-OH is 1. The molecule has 0 fully saturated rings. The molecule has 0 unspecified atom stereocenters. The van der Waals surface area contributed by atoms with E-state index in [2.05, 4.69) is 6.92 Å². The van der Waals surface area contributed by atoms with Gasteiger partial charge >= 0.3 is 11.6 Å². The Labute approximate surface area is 164 Å². The Bertz CT molecular complexity index is 865. The number of hydrogen-bond donors (Lipinski definition) is 2. The largest absolute Gasteiger partial charge is 0.506 e. The second-order valence-corrected chi connectivity index (χ2v) is 6.65. The van der Waals surface area contributed by atoms with Crippen molar-refractivity contribution < 1.29 is 24.2 Å². The molecule has 2 N–H and O–H groups in total. The van der Waals surface area contributed by atoms with Crippen LogP contribution in [0.4, 0.5) is 0 Å². The summed E-state index contributed by atoms with van der Waals surface area (Å²) in [5.41, 5.74) is -0.348. The molecule has 0 amide bonds. The summed E-state index contributed by atoms with van der Waals surface area (Å²) in [5.74, 6) is -0.888. The summed E-state index contributed by atoms with van der Waals surface area (Å²) in [7, 11) is 0. The summed E-state index contributed by atoms with van der Waals surface area (Å²) in [6.45, 7) is 2.34. The molecule has 0 radical (unpaired) electrons. The van der Waals surface area contributed by atoms with Crippen LogP contribution in [0, 0.1) is 0 Å². The molecule has 28 heavy (non-hydrogen) atoms. The minimum absolute atomic E-state index is 0.0310. The fourth-order valence-corrected chi connectivity index (χ4v) is 2.91. The molecule has 1 aromatic heterocycles. The third kappa shape index (κ3) is 5.70. The van der Waals surface area contributed by atoms with Gasteiger partial charge in [0.2, 0.25) is 0 Å². The second-order valence-electron chi connectivity index (χ2n) is 6.65. The summed E-state index contributed by atoms with van der Waals surface area (Å²) >= 11 is 0. The Morgan fingerprint density at radius 2 is 2.00 bits per heavy atom. The molecule has 0 bridgehead atoms. The van der Waals surface area contributed by atoms with E-state index in [-0.39, 0.29) is 41.1 Å². The van der Waals surface area contributed by atoms with Crippen LogP contribution in [0.2, 0.25) is 0 Å². The first-order valence-corrected chi connectivity index (χ1v) is 9.83. The monoisotopic (exact) mass is 388 g/mol. The molecule has 6 heteroatoms. The molecular weight excluding hydrogens is 360 g/mol. The quantitative estimate of drug-likeness (QED) is 0.336. The van der Waals surface area contributed by atoms with Crippen LogP contribution in [0.5, 0.6) is 5.75 Å². The minimum Gasteiger partial charge on any atom is -0.506 e. The van der Waals surface area contributed by atoms with Crippen LogP contribution >= 0.6 is 0 Å². The fraction of sp³-hybridized carbons (Fsp3) is 0.455. The number of aromatic hydroxyl groups is 1. The van der Waals surface area contributed by atoms with Crippen molar-refractivity contribution in [3.8, 4) is 5.75 Å². The number of hydrogen-bond acceptors (Lipinski definition) is 6. The Kier molecular flexibility index (Phi) is 8.75. The third-order valence-electron chi connectivity index (χ3n) is 4.46. The molecule has 0 aliphatic rings. The van der Waals surface area contributed by atoms with E-state index in [0.717, 1.165) is 25.7 Å². The van der Waals surface area contributed by atoms with Crippen LogP contribution in [0.1, 0.15) is 67.8 Å². The maximum absolute atomic E-state index is 12.4. The zero-order chi connectivity index (χ0) is 20.4.